The summed E-state index contributed by atoms with van der Waals surface area (Å²) in [5.74, 6) is -0.499. The van der Waals surface area contributed by atoms with Crippen molar-refractivity contribution in [3.05, 3.63) is 262 Å². The van der Waals surface area contributed by atoms with Gasteiger partial charge in [-0.1, -0.05) is 258 Å². The Hall–Kier alpha value is -9.85. The molecule has 0 spiro atoms. The molecule has 0 bridgehead atoms. The number of unbranched alkanes of at least 4 members (excludes halogenated alkanes) is 2. The summed E-state index contributed by atoms with van der Waals surface area (Å²) in [5, 5.41) is 15.8. The molecule has 2 atom stereocenters. The maximum absolute atomic E-state index is 14.9. The van der Waals surface area contributed by atoms with Gasteiger partial charge in [0.05, 0.1) is 56.7 Å². The van der Waals surface area contributed by atoms with E-state index in [1.165, 1.54) is 22.7 Å². The van der Waals surface area contributed by atoms with Crippen LogP contribution in [0.5, 0.6) is 0 Å². The standard InChI is InChI=1S/C78H70B2N6O4S2/c1-6-10-30-53(8-3)51-89-77(87)57-34-28-32-55(48-57)71-68-69(74(70(82-5)76-84-65-45-25-27-47-67(65)92-76)86(71)80(61-40-20-14-21-41-61)62-42-22-15-23-43-62)72(56-33-29-35-58(49-56)78(88)90-52-54(9-4)31-11-7-2)85(79(59-36-16-12-17-37-59)60-38-18-13-19-39-60)73(68)63(50-81)75-83-64-44-24-26-46-66(64)91-75/h12-29,32-49,53-54H,6-11,30-31,51-52H2,1-4H3/b73-63-,74-70+. The molecule has 0 N–H and O–H groups in total. The fourth-order valence-corrected chi connectivity index (χ4v) is 14.7. The van der Waals surface area contributed by atoms with E-state index in [4.69, 9.17) is 19.4 Å². The number of aromatic nitrogens is 4. The first-order valence-corrected chi connectivity index (χ1v) is 33.7. The van der Waals surface area contributed by atoms with Gasteiger partial charge in [-0.05, 0) is 84.3 Å². The minimum Gasteiger partial charge on any atom is -0.462 e. The lowest BCUT2D eigenvalue weighted by molar-refractivity contribution is 0.0419. The number of carbonyl (C=O) groups is 2. The van der Waals surface area contributed by atoms with E-state index in [0.29, 0.717) is 65.1 Å². The Bertz CT molecular complexity index is 4370. The lowest BCUT2D eigenvalue weighted by Gasteiger charge is -2.24. The van der Waals surface area contributed by atoms with Crippen molar-refractivity contribution >= 4 is 113 Å². The Balaban J connectivity index is 1.35. The average molecular weight is 1240 g/mol. The summed E-state index contributed by atoms with van der Waals surface area (Å²) in [4.78, 5) is 45.1. The van der Waals surface area contributed by atoms with Gasteiger partial charge in [0, 0.05) is 27.5 Å². The van der Waals surface area contributed by atoms with Gasteiger partial charge < -0.3 is 18.4 Å². The van der Waals surface area contributed by atoms with E-state index in [0.717, 1.165) is 93.7 Å². The number of benzene rings is 8. The van der Waals surface area contributed by atoms with Crippen LogP contribution in [-0.4, -0.2) is 57.8 Å². The number of nitrogens with zero attached hydrogens (tertiary/aromatic N) is 6. The molecule has 0 amide bonds. The highest BCUT2D eigenvalue weighted by Crippen LogP contribution is 2.39. The molecular weight excluding hydrogens is 1170 g/mol. The molecule has 2 unspecified atom stereocenters. The maximum Gasteiger partial charge on any atom is 0.338 e. The number of thiazole rings is 2. The van der Waals surface area contributed by atoms with Gasteiger partial charge in [0.25, 0.3) is 0 Å². The average Bonchev–Trinajstić information content (AvgIpc) is 1.52. The fourth-order valence-electron chi connectivity index (χ4n) is 12.8. The quantitative estimate of drug-likeness (QED) is 0.0336. The normalized spacial score (nSPS) is 12.7. The number of fused-ring (bicyclic) bond motifs is 3. The molecule has 14 heteroatoms. The molecule has 10 nitrogen and oxygen atoms in total. The lowest BCUT2D eigenvalue weighted by atomic mass is 9.50. The molecule has 0 aliphatic rings. The zero-order valence-electron chi connectivity index (χ0n) is 52.3. The van der Waals surface area contributed by atoms with Gasteiger partial charge in [0.1, 0.15) is 21.7 Å². The van der Waals surface area contributed by atoms with Gasteiger partial charge in [-0.25, -0.2) is 24.4 Å². The van der Waals surface area contributed by atoms with Crippen LogP contribution in [0.25, 0.3) is 69.8 Å². The first-order valence-electron chi connectivity index (χ1n) is 32.1. The van der Waals surface area contributed by atoms with Crippen molar-refractivity contribution in [1.29, 1.82) is 5.26 Å². The number of hydrogen-bond acceptors (Lipinski definition) is 9. The smallest absolute Gasteiger partial charge is 0.338 e. The first-order chi connectivity index (χ1) is 45.2. The molecule has 0 aliphatic heterocycles. The Kier molecular flexibility index (Phi) is 19.6. The van der Waals surface area contributed by atoms with Crippen molar-refractivity contribution in [3.8, 4) is 28.6 Å². The van der Waals surface area contributed by atoms with Crippen molar-refractivity contribution in [2.75, 3.05) is 13.2 Å². The molecule has 0 saturated heterocycles. The van der Waals surface area contributed by atoms with Gasteiger partial charge in [-0.2, -0.15) is 5.26 Å². The van der Waals surface area contributed by atoms with Crippen LogP contribution in [0, 0.1) is 29.7 Å². The molecule has 12 rings (SSSR count). The number of nitriles is 1. The van der Waals surface area contributed by atoms with Gasteiger partial charge in [-0.15, -0.1) is 22.7 Å². The number of hydrogen-bond donors (Lipinski definition) is 0. The van der Waals surface area contributed by atoms with E-state index in [1.54, 1.807) is 12.1 Å². The van der Waals surface area contributed by atoms with Crippen molar-refractivity contribution in [1.82, 2.24) is 18.9 Å². The van der Waals surface area contributed by atoms with Crippen molar-refractivity contribution in [3.63, 3.8) is 0 Å². The van der Waals surface area contributed by atoms with Crippen LogP contribution in [-0.2, 0) is 9.47 Å². The molecule has 12 aromatic rings. The van der Waals surface area contributed by atoms with E-state index in [2.05, 4.69) is 96.1 Å². The summed E-state index contributed by atoms with van der Waals surface area (Å²) in [6.45, 7) is 17.6. The predicted molar refractivity (Wildman–Crippen MR) is 380 cm³/mol. The minimum absolute atomic E-state index is 0.203. The van der Waals surface area contributed by atoms with Crippen LogP contribution >= 0.6 is 22.7 Å². The summed E-state index contributed by atoms with van der Waals surface area (Å²) in [5.41, 5.74) is 8.87. The van der Waals surface area contributed by atoms with Gasteiger partial charge in [0.15, 0.2) is 0 Å². The summed E-state index contributed by atoms with van der Waals surface area (Å²) in [7, 11) is 0. The molecule has 0 saturated carbocycles. The molecule has 0 aliphatic carbocycles. The van der Waals surface area contributed by atoms with Gasteiger partial charge in [0.2, 0.25) is 5.70 Å². The molecule has 454 valence electrons. The molecule has 0 fully saturated rings. The summed E-state index contributed by atoms with van der Waals surface area (Å²) in [6, 6.07) is 75.0. The van der Waals surface area contributed by atoms with E-state index in [1.807, 2.05) is 158 Å². The molecule has 8 aromatic carbocycles. The Morgan fingerprint density at radius 3 is 1.32 bits per heavy atom. The van der Waals surface area contributed by atoms with E-state index in [9.17, 15) is 21.4 Å². The molecule has 0 radical (unpaired) electrons. The SMILES string of the molecule is [C-]#[N+]/C(c1nc2ccccc2s1)=c1\c2c(-c3cccc(C(=O)OCC(CC)CCCC)c3)n(B(c3ccccc3)c3ccccc3)/c(=C(/C#N)c3nc4ccccc4s3)c2c(-c2cccc(C(=O)OCC(CC)CCCC)c2)n1B(c1ccccc1)c1ccccc1. The second-order valence-electron chi connectivity index (χ2n) is 23.4. The zero-order chi connectivity index (χ0) is 63.5. The predicted octanol–water partition coefficient (Wildman–Crippen LogP) is 14.8. The third kappa shape index (κ3) is 12.8. The Labute approximate surface area is 546 Å². The van der Waals surface area contributed by atoms with Crippen molar-refractivity contribution in [2.45, 2.75) is 79.1 Å². The molecular formula is C78H70B2N6O4S2. The maximum atomic E-state index is 14.9. The van der Waals surface area contributed by atoms with Crippen LogP contribution < -0.4 is 32.5 Å². The van der Waals surface area contributed by atoms with Crippen molar-refractivity contribution in [2.24, 2.45) is 11.8 Å². The van der Waals surface area contributed by atoms with Crippen molar-refractivity contribution < 1.29 is 19.1 Å². The first kappa shape index (κ1) is 62.3. The second-order valence-corrected chi connectivity index (χ2v) is 25.5. The number of esters is 2. The fraction of sp³-hybridized carbons (Fsp3) is 0.205. The molecule has 92 heavy (non-hydrogen) atoms. The summed E-state index contributed by atoms with van der Waals surface area (Å²) < 4.78 is 18.9. The number of rotatable bonds is 24. The van der Waals surface area contributed by atoms with E-state index < -0.39 is 25.6 Å². The van der Waals surface area contributed by atoms with Crippen LogP contribution in [0.1, 0.15) is 110 Å². The number of ether oxygens (including phenoxy) is 2. The number of carbonyl (C=O) groups excluding carboxylic acids is 2. The highest BCUT2D eigenvalue weighted by atomic mass is 32.1. The van der Waals surface area contributed by atoms with Crippen LogP contribution in [0.15, 0.2) is 218 Å². The van der Waals surface area contributed by atoms with Crippen LogP contribution in [0.3, 0.4) is 0 Å². The van der Waals surface area contributed by atoms with E-state index in [-0.39, 0.29) is 36.3 Å². The molecule has 4 heterocycles. The van der Waals surface area contributed by atoms with Gasteiger partial charge in [-0.3, -0.25) is 0 Å². The third-order valence-corrected chi connectivity index (χ3v) is 19.7. The van der Waals surface area contributed by atoms with Crippen LogP contribution in [0.4, 0.5) is 0 Å². The number of para-hydroxylation sites is 2. The largest absolute Gasteiger partial charge is 0.462 e. The lowest BCUT2D eigenvalue weighted by Crippen LogP contribution is -2.54. The third-order valence-electron chi connectivity index (χ3n) is 17.6. The minimum atomic E-state index is -0.667. The molecule has 4 aromatic heterocycles. The highest BCUT2D eigenvalue weighted by molar-refractivity contribution is 7.20. The van der Waals surface area contributed by atoms with E-state index >= 15 is 0 Å². The van der Waals surface area contributed by atoms with Crippen LogP contribution in [0.2, 0.25) is 0 Å². The Morgan fingerprint density at radius 2 is 0.913 bits per heavy atom. The monoisotopic (exact) mass is 1240 g/mol. The second kappa shape index (κ2) is 29.0. The topological polar surface area (TPSA) is 116 Å². The Morgan fingerprint density at radius 1 is 0.522 bits per heavy atom. The highest BCUT2D eigenvalue weighted by Gasteiger charge is 2.38. The summed E-state index contributed by atoms with van der Waals surface area (Å²) in [6.07, 6.45) is 7.82. The zero-order valence-corrected chi connectivity index (χ0v) is 53.9. The summed E-state index contributed by atoms with van der Waals surface area (Å²) >= 11 is 2.88. The van der Waals surface area contributed by atoms with Gasteiger partial charge >= 0.3 is 25.6 Å².